The lowest BCUT2D eigenvalue weighted by atomic mass is 10.0. The highest BCUT2D eigenvalue weighted by molar-refractivity contribution is 6.00. The van der Waals surface area contributed by atoms with E-state index in [-0.39, 0.29) is 0 Å². The van der Waals surface area contributed by atoms with Gasteiger partial charge in [-0.1, -0.05) is 36.4 Å². The maximum absolute atomic E-state index is 11.8. The molecule has 6 N–H and O–H groups in total. The fourth-order valence-electron chi connectivity index (χ4n) is 3.85. The molecule has 0 atom stereocenters. The van der Waals surface area contributed by atoms with Crippen LogP contribution in [0.25, 0.3) is 11.1 Å². The predicted molar refractivity (Wildman–Crippen MR) is 141 cm³/mol. The van der Waals surface area contributed by atoms with E-state index < -0.39 is 11.8 Å². The van der Waals surface area contributed by atoms with E-state index in [4.69, 9.17) is 20.9 Å². The third-order valence-corrected chi connectivity index (χ3v) is 5.66. The van der Waals surface area contributed by atoms with Crippen LogP contribution in [0.1, 0.15) is 20.7 Å². The molecule has 4 aromatic carbocycles. The van der Waals surface area contributed by atoms with Gasteiger partial charge in [-0.25, -0.2) is 0 Å². The molecule has 4 rings (SSSR count). The van der Waals surface area contributed by atoms with E-state index in [1.807, 2.05) is 48.5 Å². The number of hydrogen-bond donors (Lipinski definition) is 4. The molecule has 0 spiro atoms. The number of rotatable bonds is 9. The maximum Gasteiger partial charge on any atom is 0.250 e. The van der Waals surface area contributed by atoms with E-state index in [2.05, 4.69) is 10.6 Å². The number of carbonyl (C=O) groups is 2. The normalized spacial score (nSPS) is 10.4. The van der Waals surface area contributed by atoms with Crippen molar-refractivity contribution in [2.75, 3.05) is 24.9 Å². The molecule has 36 heavy (non-hydrogen) atoms. The van der Waals surface area contributed by atoms with Crippen molar-refractivity contribution in [1.29, 1.82) is 0 Å². The van der Waals surface area contributed by atoms with Gasteiger partial charge in [0.1, 0.15) is 11.5 Å². The Kier molecular flexibility index (Phi) is 7.06. The highest BCUT2D eigenvalue weighted by Crippen LogP contribution is 2.37. The molecule has 0 aromatic heterocycles. The molecule has 0 aliphatic heterocycles. The summed E-state index contributed by atoms with van der Waals surface area (Å²) in [7, 11) is 3.15. The average molecular weight is 483 g/mol. The first kappa shape index (κ1) is 24.2. The number of ether oxygens (including phenoxy) is 2. The summed E-state index contributed by atoms with van der Waals surface area (Å²) < 4.78 is 11.2. The van der Waals surface area contributed by atoms with Gasteiger partial charge in [-0.05, 0) is 59.7 Å². The van der Waals surface area contributed by atoms with Crippen molar-refractivity contribution in [3.63, 3.8) is 0 Å². The molecule has 0 aliphatic rings. The second kappa shape index (κ2) is 10.5. The van der Waals surface area contributed by atoms with Gasteiger partial charge in [0, 0.05) is 0 Å². The van der Waals surface area contributed by atoms with Crippen molar-refractivity contribution in [3.8, 4) is 22.6 Å². The Bertz CT molecular complexity index is 1330. The van der Waals surface area contributed by atoms with Crippen LogP contribution in [0.2, 0.25) is 0 Å². The van der Waals surface area contributed by atoms with Gasteiger partial charge in [-0.2, -0.15) is 0 Å². The number of carbonyl (C=O) groups excluding carboxylic acids is 2. The number of hydrogen-bond acceptors (Lipinski definition) is 6. The molecule has 0 unspecified atom stereocenters. The zero-order chi connectivity index (χ0) is 25.7. The van der Waals surface area contributed by atoms with Crippen LogP contribution in [0.5, 0.6) is 11.5 Å². The lowest BCUT2D eigenvalue weighted by Crippen LogP contribution is -2.13. The quantitative estimate of drug-likeness (QED) is 0.264. The van der Waals surface area contributed by atoms with Crippen molar-refractivity contribution in [2.45, 2.75) is 0 Å². The van der Waals surface area contributed by atoms with E-state index in [9.17, 15) is 9.59 Å². The van der Waals surface area contributed by atoms with Crippen molar-refractivity contribution >= 4 is 34.6 Å². The highest BCUT2D eigenvalue weighted by Gasteiger charge is 2.14. The van der Waals surface area contributed by atoms with Crippen LogP contribution in [-0.4, -0.2) is 26.0 Å². The third-order valence-electron chi connectivity index (χ3n) is 5.66. The second-order valence-corrected chi connectivity index (χ2v) is 7.90. The minimum Gasteiger partial charge on any atom is -0.495 e. The number of para-hydroxylation sites is 2. The topological polar surface area (TPSA) is 129 Å². The first-order valence-electron chi connectivity index (χ1n) is 11.1. The van der Waals surface area contributed by atoms with E-state index in [0.29, 0.717) is 45.4 Å². The summed E-state index contributed by atoms with van der Waals surface area (Å²) in [5.74, 6) is 0.132. The number of anilines is 4. The molecule has 2 amide bonds. The van der Waals surface area contributed by atoms with Gasteiger partial charge in [0.25, 0.3) is 11.8 Å². The first-order chi connectivity index (χ1) is 17.4. The summed E-state index contributed by atoms with van der Waals surface area (Å²) in [4.78, 5) is 23.5. The Hall–Kier alpha value is -4.98. The summed E-state index contributed by atoms with van der Waals surface area (Å²) in [6, 6.07) is 25.4. The molecule has 0 bridgehead atoms. The van der Waals surface area contributed by atoms with E-state index in [1.165, 1.54) is 0 Å². The van der Waals surface area contributed by atoms with Gasteiger partial charge in [-0.15, -0.1) is 0 Å². The number of nitrogens with two attached hydrogens (primary N) is 2. The Balaban J connectivity index is 1.64. The second-order valence-electron chi connectivity index (χ2n) is 7.90. The number of benzene rings is 4. The van der Waals surface area contributed by atoms with Crippen LogP contribution < -0.4 is 31.6 Å². The summed E-state index contributed by atoms with van der Waals surface area (Å²) >= 11 is 0. The van der Waals surface area contributed by atoms with Gasteiger partial charge in [-0.3, -0.25) is 9.59 Å². The van der Waals surface area contributed by atoms with Crippen LogP contribution >= 0.6 is 0 Å². The van der Waals surface area contributed by atoms with Gasteiger partial charge in [0.2, 0.25) is 0 Å². The standard InChI is InChI=1S/C28H26N4O4/c1-35-25-15-17(11-13-23(25)31-21-9-5-3-7-19(21)27(29)33)18-12-14-24(26(16-18)36-2)32-22-10-6-4-8-20(22)28(30)34/h3-16,31-32H,1-2H3,(H2,29,33)(H2,30,34). The Morgan fingerprint density at radius 2 is 0.972 bits per heavy atom. The molecule has 182 valence electrons. The first-order valence-corrected chi connectivity index (χ1v) is 11.1. The van der Waals surface area contributed by atoms with Crippen LogP contribution in [0.4, 0.5) is 22.7 Å². The molecule has 0 radical (unpaired) electrons. The molecular weight excluding hydrogens is 456 g/mol. The third kappa shape index (κ3) is 5.07. The van der Waals surface area contributed by atoms with E-state index >= 15 is 0 Å². The number of nitrogens with one attached hydrogen (secondary N) is 2. The van der Waals surface area contributed by atoms with Crippen LogP contribution in [0.3, 0.4) is 0 Å². The highest BCUT2D eigenvalue weighted by atomic mass is 16.5. The Morgan fingerprint density at radius 3 is 1.33 bits per heavy atom. The average Bonchev–Trinajstić information content (AvgIpc) is 2.89. The molecule has 0 aliphatic carbocycles. The van der Waals surface area contributed by atoms with Crippen molar-refractivity contribution in [2.24, 2.45) is 11.5 Å². The van der Waals surface area contributed by atoms with E-state index in [1.54, 1.807) is 50.6 Å². The number of primary amides is 2. The smallest absolute Gasteiger partial charge is 0.250 e. The predicted octanol–water partition coefficient (Wildman–Crippen LogP) is 5.06. The fourth-order valence-corrected chi connectivity index (χ4v) is 3.85. The molecule has 4 aromatic rings. The summed E-state index contributed by atoms with van der Waals surface area (Å²) in [5.41, 5.74) is 16.1. The van der Waals surface area contributed by atoms with Crippen molar-refractivity contribution in [3.05, 3.63) is 96.1 Å². The van der Waals surface area contributed by atoms with Gasteiger partial charge in [0.15, 0.2) is 0 Å². The van der Waals surface area contributed by atoms with Crippen molar-refractivity contribution < 1.29 is 19.1 Å². The minimum absolute atomic E-state index is 0.384. The van der Waals surface area contributed by atoms with Gasteiger partial charge >= 0.3 is 0 Å². The largest absolute Gasteiger partial charge is 0.495 e. The Morgan fingerprint density at radius 1 is 0.583 bits per heavy atom. The molecule has 8 heteroatoms. The number of methoxy groups -OCH3 is 2. The molecule has 0 fully saturated rings. The fraction of sp³-hybridized carbons (Fsp3) is 0.0714. The van der Waals surface area contributed by atoms with Crippen molar-refractivity contribution in [1.82, 2.24) is 0 Å². The zero-order valence-electron chi connectivity index (χ0n) is 19.9. The summed E-state index contributed by atoms with van der Waals surface area (Å²) in [6.07, 6.45) is 0. The lowest BCUT2D eigenvalue weighted by Gasteiger charge is -2.16. The molecule has 0 heterocycles. The van der Waals surface area contributed by atoms with Crippen LogP contribution in [-0.2, 0) is 0 Å². The molecule has 0 saturated carbocycles. The van der Waals surface area contributed by atoms with Gasteiger partial charge < -0.3 is 31.6 Å². The summed E-state index contributed by atoms with van der Waals surface area (Å²) in [5, 5.41) is 6.45. The lowest BCUT2D eigenvalue weighted by molar-refractivity contribution is 0.0992. The zero-order valence-corrected chi connectivity index (χ0v) is 19.9. The maximum atomic E-state index is 11.8. The van der Waals surface area contributed by atoms with Gasteiger partial charge in [0.05, 0.1) is 48.1 Å². The number of amides is 2. The SMILES string of the molecule is COc1cc(-c2ccc(Nc3ccccc3C(N)=O)c(OC)c2)ccc1Nc1ccccc1C(N)=O. The minimum atomic E-state index is -0.520. The summed E-state index contributed by atoms with van der Waals surface area (Å²) in [6.45, 7) is 0. The Labute approximate surface area is 208 Å². The monoisotopic (exact) mass is 482 g/mol. The molecule has 8 nitrogen and oxygen atoms in total. The van der Waals surface area contributed by atoms with Crippen LogP contribution in [0.15, 0.2) is 84.9 Å². The van der Waals surface area contributed by atoms with Crippen LogP contribution in [0, 0.1) is 0 Å². The molecular formula is C28H26N4O4. The van der Waals surface area contributed by atoms with E-state index in [0.717, 1.165) is 11.1 Å². The molecule has 0 saturated heterocycles.